The molecule has 0 aliphatic heterocycles. The third-order valence-electron chi connectivity index (χ3n) is 4.92. The van der Waals surface area contributed by atoms with Crippen molar-refractivity contribution in [1.29, 1.82) is 0 Å². The van der Waals surface area contributed by atoms with Crippen LogP contribution in [0.1, 0.15) is 71.1 Å². The molecule has 0 amide bonds. The third kappa shape index (κ3) is 9.15. The van der Waals surface area contributed by atoms with E-state index in [9.17, 15) is 17.6 Å². The molecule has 4 atom stereocenters. The lowest BCUT2D eigenvalue weighted by molar-refractivity contribution is -0.447. The fourth-order valence-corrected chi connectivity index (χ4v) is 3.96. The summed E-state index contributed by atoms with van der Waals surface area (Å²) in [5, 5.41) is 2.33. The Morgan fingerprint density at radius 1 is 0.714 bits per heavy atom. The predicted octanol–water partition coefficient (Wildman–Crippen LogP) is 6.18. The Kier molecular flexibility index (Phi) is 14.6. The summed E-state index contributed by atoms with van der Waals surface area (Å²) in [7, 11) is 1.12. The van der Waals surface area contributed by atoms with E-state index in [0.29, 0.717) is 6.42 Å². The highest BCUT2D eigenvalue weighted by atomic mass is 32.2. The summed E-state index contributed by atoms with van der Waals surface area (Å²) >= 11 is 0.160. The number of halogens is 4. The fourth-order valence-electron chi connectivity index (χ4n) is 3.26. The molecule has 0 aromatic rings. The number of unbranched alkanes of at least 4 members (excludes halogenated alkanes) is 9. The minimum Gasteiger partial charge on any atom is -0.372 e. The normalized spacial score (nSPS) is 30.6. The lowest BCUT2D eigenvalue weighted by Crippen LogP contribution is -2.57. The molecule has 0 bridgehead atoms. The number of hydrogen-bond acceptors (Lipinski definition) is 5. The topological polar surface area (TPSA) is 36.9 Å². The summed E-state index contributed by atoms with van der Waals surface area (Å²) in [6.45, 7) is 2.28. The van der Waals surface area contributed by atoms with Crippen LogP contribution in [0.4, 0.5) is 17.6 Å². The van der Waals surface area contributed by atoms with Crippen molar-refractivity contribution < 1.29 is 36.6 Å². The van der Waals surface area contributed by atoms with E-state index in [1.165, 1.54) is 38.5 Å². The molecule has 1 saturated carbocycles. The Labute approximate surface area is 170 Å². The molecule has 9 heteroatoms. The van der Waals surface area contributed by atoms with Gasteiger partial charge in [0.05, 0.1) is 7.11 Å². The first kappa shape index (κ1) is 25.9. The van der Waals surface area contributed by atoms with Crippen molar-refractivity contribution in [2.75, 3.05) is 13.7 Å². The highest BCUT2D eigenvalue weighted by molar-refractivity contribution is 7.95. The van der Waals surface area contributed by atoms with Crippen LogP contribution in [-0.2, 0) is 19.0 Å². The first-order chi connectivity index (χ1) is 13.5. The third-order valence-corrected chi connectivity index (χ3v) is 5.79. The van der Waals surface area contributed by atoms with Gasteiger partial charge in [-0.05, 0) is 6.42 Å². The molecular formula is C19H34F4O4S. The zero-order chi connectivity index (χ0) is 20.8. The molecule has 0 saturated heterocycles. The van der Waals surface area contributed by atoms with E-state index in [1.807, 2.05) is 0 Å². The molecule has 1 aliphatic carbocycles. The standard InChI is InChI=1S/C19H34F4O4S/c1-3-4-5-6-7-8-9-10-11-12-13-25-18-14(20)16(22)19(17(23)15(18)21)28-27-26-24-2/h14-19H,3-13H2,1-2H3. The Hall–Kier alpha value is -0.0900. The van der Waals surface area contributed by atoms with Crippen molar-refractivity contribution in [3.8, 4) is 0 Å². The van der Waals surface area contributed by atoms with Crippen molar-refractivity contribution in [2.24, 2.45) is 0 Å². The molecule has 1 aliphatic rings. The van der Waals surface area contributed by atoms with Crippen molar-refractivity contribution in [3.05, 3.63) is 0 Å². The minimum absolute atomic E-state index is 0.0859. The van der Waals surface area contributed by atoms with Gasteiger partial charge in [0.1, 0.15) is 11.4 Å². The Bertz CT molecular complexity index is 368. The first-order valence-electron chi connectivity index (χ1n) is 10.2. The molecule has 0 radical (unpaired) electrons. The van der Waals surface area contributed by atoms with Crippen molar-refractivity contribution in [3.63, 3.8) is 0 Å². The van der Waals surface area contributed by atoms with Gasteiger partial charge < -0.3 is 4.74 Å². The van der Waals surface area contributed by atoms with Crippen LogP contribution in [-0.4, -0.2) is 49.8 Å². The van der Waals surface area contributed by atoms with Crippen molar-refractivity contribution >= 4 is 12.0 Å². The minimum atomic E-state index is -2.27. The maximum atomic E-state index is 14.2. The molecule has 4 nitrogen and oxygen atoms in total. The molecular weight excluding hydrogens is 400 g/mol. The lowest BCUT2D eigenvalue weighted by atomic mass is 9.90. The number of rotatable bonds is 16. The van der Waals surface area contributed by atoms with Gasteiger partial charge in [-0.15, -0.1) is 4.33 Å². The Morgan fingerprint density at radius 3 is 1.71 bits per heavy atom. The van der Waals surface area contributed by atoms with Gasteiger partial charge in [0.2, 0.25) is 0 Å². The smallest absolute Gasteiger partial charge is 0.161 e. The maximum absolute atomic E-state index is 14.2. The molecule has 28 heavy (non-hydrogen) atoms. The number of hydrogen-bond donors (Lipinski definition) is 0. The molecule has 0 spiro atoms. The van der Waals surface area contributed by atoms with Crippen LogP contribution < -0.4 is 0 Å². The van der Waals surface area contributed by atoms with E-state index in [1.54, 1.807) is 0 Å². The van der Waals surface area contributed by atoms with E-state index in [-0.39, 0.29) is 18.6 Å². The van der Waals surface area contributed by atoms with E-state index in [4.69, 9.17) is 4.74 Å². The fraction of sp³-hybridized carbons (Fsp3) is 1.00. The summed E-state index contributed by atoms with van der Waals surface area (Å²) in [6, 6.07) is 0. The largest absolute Gasteiger partial charge is 0.372 e. The second kappa shape index (κ2) is 15.7. The van der Waals surface area contributed by atoms with Crippen LogP contribution in [0.15, 0.2) is 0 Å². The summed E-state index contributed by atoms with van der Waals surface area (Å²) in [6.07, 6.45) is 0.299. The molecule has 1 fully saturated rings. The molecule has 4 unspecified atom stereocenters. The van der Waals surface area contributed by atoms with Gasteiger partial charge in [0.15, 0.2) is 24.7 Å². The van der Waals surface area contributed by atoms with Crippen LogP contribution >= 0.6 is 12.0 Å². The van der Waals surface area contributed by atoms with Crippen LogP contribution in [0, 0.1) is 0 Å². The van der Waals surface area contributed by atoms with Gasteiger partial charge in [-0.1, -0.05) is 69.7 Å². The zero-order valence-corrected chi connectivity index (χ0v) is 17.6. The van der Waals surface area contributed by atoms with Crippen molar-refractivity contribution in [1.82, 2.24) is 0 Å². The molecule has 1 rings (SSSR count). The number of alkyl halides is 4. The Morgan fingerprint density at radius 2 is 1.21 bits per heavy atom. The summed E-state index contributed by atoms with van der Waals surface area (Å²) in [5.74, 6) is 0. The molecule has 0 heterocycles. The van der Waals surface area contributed by atoms with Crippen LogP contribution in [0.3, 0.4) is 0 Å². The van der Waals surface area contributed by atoms with Gasteiger partial charge in [0.25, 0.3) is 0 Å². The summed E-state index contributed by atoms with van der Waals surface area (Å²) in [5.41, 5.74) is 0. The van der Waals surface area contributed by atoms with E-state index in [0.717, 1.165) is 26.4 Å². The van der Waals surface area contributed by atoms with E-state index >= 15 is 0 Å². The van der Waals surface area contributed by atoms with Crippen LogP contribution in [0.25, 0.3) is 0 Å². The van der Waals surface area contributed by atoms with Gasteiger partial charge in [-0.25, -0.2) is 22.4 Å². The molecule has 168 valence electrons. The SMILES string of the molecule is CCCCCCCCCCCCOC1C(F)C(F)C(SOOOC)C(F)C1F. The monoisotopic (exact) mass is 434 g/mol. The van der Waals surface area contributed by atoms with Gasteiger partial charge in [-0.3, -0.25) is 0 Å². The lowest BCUT2D eigenvalue weighted by Gasteiger charge is -2.38. The van der Waals surface area contributed by atoms with Gasteiger partial charge in [-0.2, -0.15) is 0 Å². The van der Waals surface area contributed by atoms with Crippen LogP contribution in [0.2, 0.25) is 0 Å². The second-order valence-corrected chi connectivity index (χ2v) is 8.03. The van der Waals surface area contributed by atoms with Crippen LogP contribution in [0.5, 0.6) is 0 Å². The zero-order valence-electron chi connectivity index (χ0n) is 16.8. The average Bonchev–Trinajstić information content (AvgIpc) is 2.69. The Balaban J connectivity index is 2.19. The summed E-state index contributed by atoms with van der Waals surface area (Å²) in [4.78, 5) is 4.10. The number of ether oxygens (including phenoxy) is 1. The maximum Gasteiger partial charge on any atom is 0.161 e. The molecule has 0 aromatic carbocycles. The summed E-state index contributed by atoms with van der Waals surface area (Å²) < 4.78 is 66.0. The van der Waals surface area contributed by atoms with E-state index in [2.05, 4.69) is 21.2 Å². The average molecular weight is 435 g/mol. The quantitative estimate of drug-likeness (QED) is 0.0952. The second-order valence-electron chi connectivity index (χ2n) is 7.16. The molecule has 0 N–H and O–H groups in total. The predicted molar refractivity (Wildman–Crippen MR) is 102 cm³/mol. The van der Waals surface area contributed by atoms with Crippen molar-refractivity contribution in [2.45, 2.75) is 107 Å². The first-order valence-corrected chi connectivity index (χ1v) is 11.1. The highest BCUT2D eigenvalue weighted by Gasteiger charge is 2.54. The van der Waals surface area contributed by atoms with E-state index < -0.39 is 36.0 Å². The van der Waals surface area contributed by atoms with Gasteiger partial charge in [0, 0.05) is 18.6 Å². The molecule has 0 aromatic heterocycles. The highest BCUT2D eigenvalue weighted by Crippen LogP contribution is 2.38. The van der Waals surface area contributed by atoms with Gasteiger partial charge >= 0.3 is 0 Å².